The minimum absolute atomic E-state index is 0.0579. The summed E-state index contributed by atoms with van der Waals surface area (Å²) in [5, 5.41) is 38.9. The van der Waals surface area contributed by atoms with E-state index in [-0.39, 0.29) is 31.0 Å². The fourth-order valence-electron chi connectivity index (χ4n) is 11.5. The number of imide groups is 1. The fourth-order valence-corrected chi connectivity index (χ4v) is 11.5. The van der Waals surface area contributed by atoms with Gasteiger partial charge in [0.2, 0.25) is 11.8 Å². The maximum absolute atomic E-state index is 16.8. The van der Waals surface area contributed by atoms with Crippen molar-refractivity contribution in [1.29, 1.82) is 0 Å². The van der Waals surface area contributed by atoms with E-state index in [2.05, 4.69) is 22.5 Å². The Morgan fingerprint density at radius 1 is 0.811 bits per heavy atom. The van der Waals surface area contributed by atoms with E-state index in [4.69, 9.17) is 14.2 Å². The number of carbonyl (C=O) groups is 5. The van der Waals surface area contributed by atoms with Crippen LogP contribution in [0.2, 0.25) is 0 Å². The van der Waals surface area contributed by atoms with E-state index in [9.17, 15) is 20.1 Å². The van der Waals surface area contributed by atoms with Crippen LogP contribution in [0.4, 0.5) is 10.5 Å². The second kappa shape index (κ2) is 22.0. The van der Waals surface area contributed by atoms with Gasteiger partial charge in [-0.2, -0.15) is 0 Å². The molecule has 8 atom stereocenters. The second-order valence-corrected chi connectivity index (χ2v) is 19.8. The van der Waals surface area contributed by atoms with Crippen LogP contribution < -0.4 is 20.3 Å². The number of fused-ring (bicyclic) bond motifs is 3. The number of rotatable bonds is 13. The Labute approximate surface area is 430 Å². The number of morpholine rings is 1. The third-order valence-electron chi connectivity index (χ3n) is 14.9. The number of esters is 2. The summed E-state index contributed by atoms with van der Waals surface area (Å²) in [5.41, 5.74) is -0.695. The van der Waals surface area contributed by atoms with Crippen LogP contribution in [0.3, 0.4) is 0 Å². The van der Waals surface area contributed by atoms with Crippen LogP contribution in [0, 0.1) is 23.7 Å². The van der Waals surface area contributed by atoms with Crippen molar-refractivity contribution in [3.63, 3.8) is 0 Å². The summed E-state index contributed by atoms with van der Waals surface area (Å²) in [6.45, 7) is 2.73. The Kier molecular flexibility index (Phi) is 15.3. The molecule has 1 aliphatic carbocycles. The minimum Gasteiger partial charge on any atom is -0.491 e. The van der Waals surface area contributed by atoms with Crippen molar-refractivity contribution in [3.05, 3.63) is 167 Å². The number of nitrogens with one attached hydrogen (secondary N) is 2. The monoisotopic (exact) mass is 1000 g/mol. The van der Waals surface area contributed by atoms with Crippen molar-refractivity contribution in [3.8, 4) is 17.6 Å². The van der Waals surface area contributed by atoms with Gasteiger partial charge >= 0.3 is 18.0 Å². The van der Waals surface area contributed by atoms with Gasteiger partial charge in [0.05, 0.1) is 43.5 Å². The molecule has 15 nitrogen and oxygen atoms in total. The number of anilines is 1. The van der Waals surface area contributed by atoms with Gasteiger partial charge in [0.25, 0.3) is 0 Å². The molecule has 0 bridgehead atoms. The first-order valence-corrected chi connectivity index (χ1v) is 25.4. The molecule has 2 saturated heterocycles. The molecule has 384 valence electrons. The molecule has 0 radical (unpaired) electrons. The number of methoxy groups -OCH3 is 1. The van der Waals surface area contributed by atoms with E-state index in [1.54, 1.807) is 86.6 Å². The summed E-state index contributed by atoms with van der Waals surface area (Å²) in [6, 6.07) is 33.0. The molecule has 0 unspecified atom stereocenters. The van der Waals surface area contributed by atoms with Gasteiger partial charge in [-0.25, -0.2) is 14.5 Å². The van der Waals surface area contributed by atoms with Gasteiger partial charge < -0.3 is 40.2 Å². The van der Waals surface area contributed by atoms with E-state index in [0.717, 1.165) is 30.6 Å². The lowest BCUT2D eigenvalue weighted by Crippen LogP contribution is -2.58. The molecular formula is C59H62N4O11. The molecule has 0 aromatic heterocycles. The van der Waals surface area contributed by atoms with Crippen molar-refractivity contribution in [1.82, 2.24) is 15.5 Å². The Hall–Kier alpha value is -7.35. The fraction of sp³-hybridized carbons (Fsp3) is 0.373. The molecule has 1 spiro atoms. The highest BCUT2D eigenvalue weighted by molar-refractivity contribution is 6.25. The maximum atomic E-state index is 16.8. The first-order valence-electron chi connectivity index (χ1n) is 25.4. The minimum atomic E-state index is -2.22. The standard InChI is InChI=1S/C59H62N4O11/c1-37(2)48(54(67)72-3)61-57(70)62-45-27-26-38(28-31-58(71)29-15-4-5-16-30-58)34-44(45)59(56(62)69)47(53(66)60-36-46(65)39-18-9-6-10-19-39)50-55(68)74-51(41-22-13-8-14-23-41)49(40-20-11-7-12-21-40)63(50)52(59)42-24-17-25-43(35-42)73-33-32-64/h6-14,17-27,34-35,37,46-52,64-65,71H,4-5,15-16,29-30,32-33,36H2,1-3H3,(H,60,66)(H,61,70)/t46-,47+,48-,49+,50+,51-,52-,59+/m0/s1. The molecule has 74 heavy (non-hydrogen) atoms. The number of amides is 4. The molecular weight excluding hydrogens is 941 g/mol. The lowest BCUT2D eigenvalue weighted by Gasteiger charge is -2.46. The van der Waals surface area contributed by atoms with Crippen molar-refractivity contribution >= 4 is 35.5 Å². The number of aliphatic hydroxyl groups is 3. The summed E-state index contributed by atoms with van der Waals surface area (Å²) in [7, 11) is 1.20. The number of ether oxygens (including phenoxy) is 3. The Morgan fingerprint density at radius 3 is 2.11 bits per heavy atom. The number of urea groups is 1. The zero-order valence-corrected chi connectivity index (χ0v) is 41.7. The molecule has 3 fully saturated rings. The van der Waals surface area contributed by atoms with Crippen molar-refractivity contribution < 1.29 is 53.5 Å². The summed E-state index contributed by atoms with van der Waals surface area (Å²) < 4.78 is 17.7. The number of aliphatic hydroxyl groups excluding tert-OH is 2. The van der Waals surface area contributed by atoms with Crippen molar-refractivity contribution in [2.24, 2.45) is 11.8 Å². The predicted molar refractivity (Wildman–Crippen MR) is 274 cm³/mol. The summed E-state index contributed by atoms with van der Waals surface area (Å²) >= 11 is 0. The highest BCUT2D eigenvalue weighted by Crippen LogP contribution is 2.66. The van der Waals surface area contributed by atoms with Crippen LogP contribution in [-0.4, -0.2) is 94.6 Å². The van der Waals surface area contributed by atoms with Gasteiger partial charge in [-0.1, -0.05) is 142 Å². The highest BCUT2D eigenvalue weighted by atomic mass is 16.6. The third-order valence-corrected chi connectivity index (χ3v) is 14.9. The van der Waals surface area contributed by atoms with Crippen LogP contribution in [-0.2, 0) is 34.1 Å². The average Bonchev–Trinajstić information content (AvgIpc) is 3.76. The van der Waals surface area contributed by atoms with Gasteiger partial charge in [0.15, 0.2) is 0 Å². The Morgan fingerprint density at radius 2 is 1.46 bits per heavy atom. The molecule has 4 amide bonds. The smallest absolute Gasteiger partial charge is 0.329 e. The normalized spacial score (nSPS) is 23.8. The first kappa shape index (κ1) is 51.5. The third kappa shape index (κ3) is 9.78. The van der Waals surface area contributed by atoms with E-state index in [1.165, 1.54) is 7.11 Å². The van der Waals surface area contributed by atoms with Gasteiger partial charge in [0, 0.05) is 12.1 Å². The number of hydrogen-bond acceptors (Lipinski definition) is 12. The first-order chi connectivity index (χ1) is 35.8. The number of nitrogens with zero attached hydrogens (tertiary/aromatic N) is 2. The van der Waals surface area contributed by atoms with Crippen molar-refractivity contribution in [2.45, 2.75) is 99.8 Å². The molecule has 1 saturated carbocycles. The number of cyclic esters (lactones) is 1. The Balaban J connectivity index is 1.34. The molecule has 9 rings (SSSR count). The van der Waals surface area contributed by atoms with E-state index in [1.807, 2.05) is 65.6 Å². The van der Waals surface area contributed by atoms with Crippen molar-refractivity contribution in [2.75, 3.05) is 31.8 Å². The largest absolute Gasteiger partial charge is 0.491 e. The molecule has 15 heteroatoms. The molecule has 4 aliphatic rings. The topological polar surface area (TPSA) is 204 Å². The molecule has 3 heterocycles. The van der Waals surface area contributed by atoms with Crippen LogP contribution >= 0.6 is 0 Å². The number of carbonyl (C=O) groups excluding carboxylic acids is 5. The Bertz CT molecular complexity index is 2920. The zero-order valence-electron chi connectivity index (χ0n) is 41.7. The molecule has 5 aromatic carbocycles. The summed E-state index contributed by atoms with van der Waals surface area (Å²) in [5.74, 6) is 1.19. The molecule has 3 aliphatic heterocycles. The SMILES string of the molecule is COC(=O)[C@@H](NC(=O)N1C(=O)[C@@]2(c3cc(C#CC4(O)CCCCCC4)ccc31)[C@H](c1cccc(OCCO)c1)N1[C@H](c3ccccc3)[C@H](c3ccccc3)OC(=O)[C@H]1[C@@H]2C(=O)NC[C@H](O)c1ccccc1)C(C)C. The maximum Gasteiger partial charge on any atom is 0.329 e. The van der Waals surface area contributed by atoms with Gasteiger partial charge in [-0.3, -0.25) is 19.3 Å². The lowest BCUT2D eigenvalue weighted by molar-refractivity contribution is -0.178. The van der Waals surface area contributed by atoms with Gasteiger partial charge in [0.1, 0.15) is 41.6 Å². The van der Waals surface area contributed by atoms with E-state index in [0.29, 0.717) is 46.4 Å². The zero-order chi connectivity index (χ0) is 52.1. The highest BCUT2D eigenvalue weighted by Gasteiger charge is 2.75. The average molecular weight is 1000 g/mol. The quantitative estimate of drug-likeness (QED) is 0.0464. The second-order valence-electron chi connectivity index (χ2n) is 19.8. The molecule has 5 N–H and O–H groups in total. The van der Waals surface area contributed by atoms with E-state index >= 15 is 19.2 Å². The van der Waals surface area contributed by atoms with Crippen LogP contribution in [0.5, 0.6) is 5.75 Å². The summed E-state index contributed by atoms with van der Waals surface area (Å²) in [4.78, 5) is 79.5. The lowest BCUT2D eigenvalue weighted by atomic mass is 9.65. The number of benzene rings is 5. The van der Waals surface area contributed by atoms with Crippen LogP contribution in [0.1, 0.15) is 110 Å². The molecule has 5 aromatic rings. The van der Waals surface area contributed by atoms with Gasteiger partial charge in [-0.15, -0.1) is 0 Å². The van der Waals surface area contributed by atoms with Crippen LogP contribution in [0.15, 0.2) is 133 Å². The number of hydrogen-bond donors (Lipinski definition) is 5. The van der Waals surface area contributed by atoms with E-state index < -0.39 is 89.0 Å². The predicted octanol–water partition coefficient (Wildman–Crippen LogP) is 6.92. The summed E-state index contributed by atoms with van der Waals surface area (Å²) in [6.07, 6.45) is 2.23. The van der Waals surface area contributed by atoms with Gasteiger partial charge in [-0.05, 0) is 89.8 Å². The van der Waals surface area contributed by atoms with Crippen LogP contribution in [0.25, 0.3) is 0 Å².